The number of anilines is 1. The summed E-state index contributed by atoms with van der Waals surface area (Å²) in [4.78, 5) is 12.7. The number of aliphatic hydroxyl groups excluding tert-OH is 1. The van der Waals surface area contributed by atoms with Crippen LogP contribution in [0.25, 0.3) is 10.9 Å². The van der Waals surface area contributed by atoms with Crippen molar-refractivity contribution in [2.75, 3.05) is 18.9 Å². The molecule has 0 radical (unpaired) electrons. The number of benzene rings is 3. The lowest BCUT2D eigenvalue weighted by atomic mass is 10.0. The molecule has 0 aliphatic heterocycles. The number of halogens is 1. The van der Waals surface area contributed by atoms with Crippen molar-refractivity contribution >= 4 is 34.1 Å². The molecular weight excluding hydrogens is 422 g/mol. The number of fused-ring (bicyclic) bond motifs is 1. The Morgan fingerprint density at radius 3 is 2.56 bits per heavy atom. The summed E-state index contributed by atoms with van der Waals surface area (Å²) in [6, 6.07) is 22.8. The van der Waals surface area contributed by atoms with Gasteiger partial charge in [-0.05, 0) is 61.5 Å². The molecule has 1 heterocycles. The Morgan fingerprint density at radius 1 is 1.06 bits per heavy atom. The van der Waals surface area contributed by atoms with Gasteiger partial charge in [0.2, 0.25) is 0 Å². The number of hydrogen-bond acceptors (Lipinski definition) is 3. The molecule has 5 nitrogen and oxygen atoms in total. The molecule has 4 aromatic rings. The van der Waals surface area contributed by atoms with Gasteiger partial charge < -0.3 is 20.3 Å². The number of aliphatic hydroxyl groups is 1. The first-order chi connectivity index (χ1) is 15.5. The predicted octanol–water partition coefficient (Wildman–Crippen LogP) is 5.03. The van der Waals surface area contributed by atoms with E-state index in [-0.39, 0.29) is 11.9 Å². The van der Waals surface area contributed by atoms with Crippen molar-refractivity contribution in [3.05, 3.63) is 101 Å². The number of carbonyl (C=O) groups excluding carboxylic acids is 1. The SMILES string of the molecule is CNC[C@H](O)[C@H](c1ccccc1)n1ccc2cc(NC(=O)c3ccc(C)c(Cl)c3)ccc21. The minimum atomic E-state index is -0.608. The summed E-state index contributed by atoms with van der Waals surface area (Å²) in [5.41, 5.74) is 4.15. The van der Waals surface area contributed by atoms with E-state index in [4.69, 9.17) is 11.6 Å². The van der Waals surface area contributed by atoms with Crippen LogP contribution in [0.15, 0.2) is 79.0 Å². The standard InChI is InChI=1S/C26H26ClN3O2/c1-17-8-9-20(15-22(17)27)26(32)29-21-10-11-23-19(14-21)12-13-30(23)25(24(31)16-28-2)18-6-4-3-5-7-18/h3-15,24-25,28,31H,16H2,1-2H3,(H,29,32)/t24-,25-/m0/s1. The Balaban J connectivity index is 1.64. The molecule has 3 aromatic carbocycles. The van der Waals surface area contributed by atoms with Crippen LogP contribution >= 0.6 is 11.6 Å². The van der Waals surface area contributed by atoms with Crippen LogP contribution in [-0.2, 0) is 0 Å². The van der Waals surface area contributed by atoms with Crippen LogP contribution in [0, 0.1) is 6.92 Å². The van der Waals surface area contributed by atoms with E-state index in [2.05, 4.69) is 15.2 Å². The van der Waals surface area contributed by atoms with Crippen molar-refractivity contribution in [3.63, 3.8) is 0 Å². The molecule has 0 spiro atoms. The second kappa shape index (κ2) is 9.57. The third kappa shape index (κ3) is 4.55. The number of hydrogen-bond donors (Lipinski definition) is 3. The fourth-order valence-corrected chi connectivity index (χ4v) is 4.14. The lowest BCUT2D eigenvalue weighted by molar-refractivity contribution is 0.102. The molecule has 32 heavy (non-hydrogen) atoms. The van der Waals surface area contributed by atoms with Gasteiger partial charge in [0.1, 0.15) is 0 Å². The van der Waals surface area contributed by atoms with Gasteiger partial charge in [-0.3, -0.25) is 4.79 Å². The number of aromatic nitrogens is 1. The number of nitrogens with one attached hydrogen (secondary N) is 2. The summed E-state index contributed by atoms with van der Waals surface area (Å²) in [7, 11) is 1.83. The van der Waals surface area contributed by atoms with Crippen LogP contribution in [0.5, 0.6) is 0 Å². The monoisotopic (exact) mass is 447 g/mol. The van der Waals surface area contributed by atoms with E-state index < -0.39 is 6.10 Å². The van der Waals surface area contributed by atoms with Gasteiger partial charge in [-0.2, -0.15) is 0 Å². The molecule has 0 bridgehead atoms. The zero-order valence-electron chi connectivity index (χ0n) is 18.0. The average Bonchev–Trinajstić information content (AvgIpc) is 3.19. The number of likely N-dealkylation sites (N-methyl/N-ethyl adjacent to an activating group) is 1. The van der Waals surface area contributed by atoms with Gasteiger partial charge in [0, 0.05) is 39.9 Å². The minimum Gasteiger partial charge on any atom is -0.389 e. The third-order valence-corrected chi connectivity index (χ3v) is 6.04. The Bertz CT molecular complexity index is 1240. The van der Waals surface area contributed by atoms with Crippen LogP contribution in [0.2, 0.25) is 5.02 Å². The highest BCUT2D eigenvalue weighted by Crippen LogP contribution is 2.29. The van der Waals surface area contributed by atoms with Gasteiger partial charge in [-0.15, -0.1) is 0 Å². The average molecular weight is 448 g/mol. The number of nitrogens with zero attached hydrogens (tertiary/aromatic N) is 1. The summed E-state index contributed by atoms with van der Waals surface area (Å²) in [5, 5.41) is 18.4. The maximum Gasteiger partial charge on any atom is 0.255 e. The fraction of sp³-hybridized carbons (Fsp3) is 0.192. The first kappa shape index (κ1) is 22.1. The van der Waals surface area contributed by atoms with E-state index >= 15 is 0 Å². The van der Waals surface area contributed by atoms with Crippen molar-refractivity contribution in [2.24, 2.45) is 0 Å². The molecule has 6 heteroatoms. The number of carbonyl (C=O) groups is 1. The topological polar surface area (TPSA) is 66.3 Å². The second-order valence-electron chi connectivity index (χ2n) is 7.90. The van der Waals surface area contributed by atoms with Gasteiger partial charge in [0.25, 0.3) is 5.91 Å². The summed E-state index contributed by atoms with van der Waals surface area (Å²) in [6.07, 6.45) is 1.37. The highest BCUT2D eigenvalue weighted by Gasteiger charge is 2.23. The number of amides is 1. The third-order valence-electron chi connectivity index (χ3n) is 5.63. The Kier molecular flexibility index (Phi) is 6.61. The summed E-state index contributed by atoms with van der Waals surface area (Å²) < 4.78 is 2.08. The van der Waals surface area contributed by atoms with Crippen LogP contribution in [-0.4, -0.2) is 35.3 Å². The number of rotatable bonds is 7. The molecule has 0 aliphatic carbocycles. The van der Waals surface area contributed by atoms with E-state index in [0.717, 1.165) is 22.0 Å². The van der Waals surface area contributed by atoms with Gasteiger partial charge in [-0.25, -0.2) is 0 Å². The summed E-state index contributed by atoms with van der Waals surface area (Å²) in [5.74, 6) is -0.211. The molecule has 1 amide bonds. The van der Waals surface area contributed by atoms with Crippen LogP contribution < -0.4 is 10.6 Å². The zero-order valence-corrected chi connectivity index (χ0v) is 18.8. The largest absolute Gasteiger partial charge is 0.389 e. The van der Waals surface area contributed by atoms with Gasteiger partial charge in [-0.1, -0.05) is 48.0 Å². The quantitative estimate of drug-likeness (QED) is 0.372. The van der Waals surface area contributed by atoms with E-state index in [9.17, 15) is 9.90 Å². The minimum absolute atomic E-state index is 0.211. The Hall–Kier alpha value is -3.12. The molecular formula is C26H26ClN3O2. The molecule has 2 atom stereocenters. The molecule has 0 saturated heterocycles. The molecule has 0 saturated carbocycles. The lowest BCUT2D eigenvalue weighted by Gasteiger charge is -2.26. The van der Waals surface area contributed by atoms with Crippen molar-refractivity contribution in [3.8, 4) is 0 Å². The second-order valence-corrected chi connectivity index (χ2v) is 8.30. The van der Waals surface area contributed by atoms with Crippen molar-refractivity contribution in [1.82, 2.24) is 9.88 Å². The van der Waals surface area contributed by atoms with Crippen molar-refractivity contribution in [2.45, 2.75) is 19.1 Å². The Morgan fingerprint density at radius 2 is 1.84 bits per heavy atom. The molecule has 164 valence electrons. The molecule has 1 aromatic heterocycles. The van der Waals surface area contributed by atoms with E-state index in [0.29, 0.717) is 22.8 Å². The van der Waals surface area contributed by atoms with Crippen molar-refractivity contribution in [1.29, 1.82) is 0 Å². The molecule has 0 aliphatic rings. The van der Waals surface area contributed by atoms with Gasteiger partial charge in [0.05, 0.1) is 12.1 Å². The number of aryl methyl sites for hydroxylation is 1. The van der Waals surface area contributed by atoms with Crippen LogP contribution in [0.1, 0.15) is 27.5 Å². The van der Waals surface area contributed by atoms with Crippen LogP contribution in [0.3, 0.4) is 0 Å². The highest BCUT2D eigenvalue weighted by molar-refractivity contribution is 6.31. The first-order valence-electron chi connectivity index (χ1n) is 10.5. The van der Waals surface area contributed by atoms with Crippen LogP contribution in [0.4, 0.5) is 5.69 Å². The lowest BCUT2D eigenvalue weighted by Crippen LogP contribution is -2.33. The highest BCUT2D eigenvalue weighted by atomic mass is 35.5. The maximum absolute atomic E-state index is 12.7. The predicted molar refractivity (Wildman–Crippen MR) is 131 cm³/mol. The summed E-state index contributed by atoms with van der Waals surface area (Å²) >= 11 is 6.16. The maximum atomic E-state index is 12.7. The molecule has 3 N–H and O–H groups in total. The van der Waals surface area contributed by atoms with Gasteiger partial charge >= 0.3 is 0 Å². The Labute approximate surface area is 192 Å². The zero-order chi connectivity index (χ0) is 22.7. The first-order valence-corrected chi connectivity index (χ1v) is 10.9. The normalized spacial score (nSPS) is 13.1. The molecule has 0 fully saturated rings. The van der Waals surface area contributed by atoms with E-state index in [1.807, 2.05) is 80.8 Å². The molecule has 4 rings (SSSR count). The van der Waals surface area contributed by atoms with E-state index in [1.54, 1.807) is 12.1 Å². The van der Waals surface area contributed by atoms with Crippen molar-refractivity contribution < 1.29 is 9.90 Å². The smallest absolute Gasteiger partial charge is 0.255 e. The van der Waals surface area contributed by atoms with Gasteiger partial charge in [0.15, 0.2) is 0 Å². The fourth-order valence-electron chi connectivity index (χ4n) is 3.96. The summed E-state index contributed by atoms with van der Waals surface area (Å²) in [6.45, 7) is 2.37. The molecule has 0 unspecified atom stereocenters. The van der Waals surface area contributed by atoms with E-state index in [1.165, 1.54) is 0 Å².